The van der Waals surface area contributed by atoms with Gasteiger partial charge in [0.05, 0.1) is 59.9 Å². The molecular weight excluding hydrogens is 800 g/mol. The molecule has 2 aromatic heterocycles. The van der Waals surface area contributed by atoms with Crippen molar-refractivity contribution in [3.8, 4) is 0 Å². The van der Waals surface area contributed by atoms with Gasteiger partial charge < -0.3 is 9.47 Å². The second-order valence-corrected chi connectivity index (χ2v) is 16.1. The van der Waals surface area contributed by atoms with Crippen molar-refractivity contribution in [3.05, 3.63) is 123 Å². The summed E-state index contributed by atoms with van der Waals surface area (Å²) < 4.78 is 117. The number of sulfonamides is 1. The maximum atomic E-state index is 13.3. The van der Waals surface area contributed by atoms with Gasteiger partial charge in [0.15, 0.2) is 0 Å². The molecule has 0 amide bonds. The fraction of sp³-hybridized carbons (Fsp3) is 0.436. The van der Waals surface area contributed by atoms with Gasteiger partial charge in [0.2, 0.25) is 10.0 Å². The fourth-order valence-corrected chi connectivity index (χ4v) is 8.02. The zero-order chi connectivity index (χ0) is 38.9. The van der Waals surface area contributed by atoms with Gasteiger partial charge in [-0.25, -0.2) is 8.42 Å². The minimum atomic E-state index is -4.36. The van der Waals surface area contributed by atoms with Crippen LogP contribution in [0.2, 0.25) is 0 Å². The van der Waals surface area contributed by atoms with Crippen molar-refractivity contribution >= 4 is 31.6 Å². The molecule has 6 rings (SSSR count). The van der Waals surface area contributed by atoms with E-state index in [1.807, 2.05) is 12.1 Å². The highest BCUT2D eigenvalue weighted by Crippen LogP contribution is 2.42. The summed E-state index contributed by atoms with van der Waals surface area (Å²) in [4.78, 5) is 8.44. The molecule has 7 nitrogen and oxygen atoms in total. The van der Waals surface area contributed by atoms with Crippen LogP contribution < -0.4 is 4.72 Å². The van der Waals surface area contributed by atoms with Crippen LogP contribution in [0.3, 0.4) is 0 Å². The van der Waals surface area contributed by atoms with Crippen molar-refractivity contribution in [2.45, 2.75) is 101 Å². The number of rotatable bonds is 10. The minimum absolute atomic E-state index is 0.0562. The van der Waals surface area contributed by atoms with E-state index in [9.17, 15) is 34.8 Å². The predicted molar refractivity (Wildman–Crippen MR) is 197 cm³/mol. The van der Waals surface area contributed by atoms with Crippen LogP contribution in [0.1, 0.15) is 96.8 Å². The molecule has 15 heteroatoms. The van der Waals surface area contributed by atoms with Crippen LogP contribution in [0.15, 0.2) is 89.7 Å². The summed E-state index contributed by atoms with van der Waals surface area (Å²) in [5, 5.41) is 0. The number of nitrogens with zero attached hydrogens (tertiary/aromatic N) is 2. The molecule has 0 unspecified atom stereocenters. The van der Waals surface area contributed by atoms with Crippen LogP contribution in [0.5, 0.6) is 0 Å². The van der Waals surface area contributed by atoms with Crippen LogP contribution in [-0.2, 0) is 45.1 Å². The number of nitrogens with one attached hydrogen (secondary N) is 1. The Balaban J connectivity index is 0.000000210. The lowest BCUT2D eigenvalue weighted by molar-refractivity contribution is -0.139. The Kier molecular flexibility index (Phi) is 14.2. The molecule has 2 aromatic carbocycles. The number of pyridine rings is 2. The second-order valence-electron chi connectivity index (χ2n) is 13.5. The van der Waals surface area contributed by atoms with Crippen molar-refractivity contribution < 1.29 is 44.2 Å². The first-order chi connectivity index (χ1) is 25.6. The lowest BCUT2D eigenvalue weighted by Crippen LogP contribution is -2.23. The van der Waals surface area contributed by atoms with Gasteiger partial charge in [-0.3, -0.25) is 14.7 Å². The Morgan fingerprint density at radius 2 is 1.07 bits per heavy atom. The number of hydrogen-bond acceptors (Lipinski definition) is 6. The predicted octanol–water partition coefficient (Wildman–Crippen LogP) is 10.8. The smallest absolute Gasteiger partial charge is 0.372 e. The van der Waals surface area contributed by atoms with E-state index in [0.29, 0.717) is 67.6 Å². The van der Waals surface area contributed by atoms with Gasteiger partial charge in [-0.05, 0) is 127 Å². The average molecular weight is 843 g/mol. The maximum absolute atomic E-state index is 13.3. The molecule has 0 spiro atoms. The fourth-order valence-electron chi connectivity index (χ4n) is 7.07. The molecule has 2 aliphatic rings. The largest absolute Gasteiger partial charge is 0.416 e. The molecule has 4 aromatic rings. The molecule has 2 aliphatic carbocycles. The van der Waals surface area contributed by atoms with Gasteiger partial charge in [-0.2, -0.15) is 26.3 Å². The zero-order valence-corrected chi connectivity index (χ0v) is 31.9. The van der Waals surface area contributed by atoms with E-state index in [4.69, 9.17) is 9.47 Å². The summed E-state index contributed by atoms with van der Waals surface area (Å²) >= 11 is 3.44. The third kappa shape index (κ3) is 12.0. The molecule has 2 heterocycles. The Labute approximate surface area is 320 Å². The summed E-state index contributed by atoms with van der Waals surface area (Å²) in [5.74, 6) is -0.204. The highest BCUT2D eigenvalue weighted by molar-refractivity contribution is 9.10. The second kappa shape index (κ2) is 18.4. The Morgan fingerprint density at radius 3 is 1.52 bits per heavy atom. The molecule has 2 saturated carbocycles. The monoisotopic (exact) mass is 841 g/mol. The third-order valence-corrected chi connectivity index (χ3v) is 11.0. The third-order valence-electron chi connectivity index (χ3n) is 9.69. The van der Waals surface area contributed by atoms with E-state index in [0.717, 1.165) is 35.3 Å². The molecule has 54 heavy (non-hydrogen) atoms. The van der Waals surface area contributed by atoms with Crippen LogP contribution in [0.25, 0.3) is 0 Å². The van der Waals surface area contributed by atoms with Crippen molar-refractivity contribution in [2.75, 3.05) is 11.0 Å². The van der Waals surface area contributed by atoms with Crippen LogP contribution in [0.4, 0.5) is 32.0 Å². The Bertz CT molecular complexity index is 1930. The molecule has 0 aliphatic heterocycles. The summed E-state index contributed by atoms with van der Waals surface area (Å²) in [6, 6.07) is 18.7. The summed E-state index contributed by atoms with van der Waals surface area (Å²) in [6.45, 7) is 0.545. The number of alkyl halides is 6. The number of anilines is 1. The van der Waals surface area contributed by atoms with Crippen LogP contribution in [-0.4, -0.2) is 36.8 Å². The Morgan fingerprint density at radius 1 is 0.648 bits per heavy atom. The van der Waals surface area contributed by atoms with Gasteiger partial charge in [0.1, 0.15) is 0 Å². The van der Waals surface area contributed by atoms with Crippen molar-refractivity contribution in [3.63, 3.8) is 0 Å². The highest BCUT2D eigenvalue weighted by atomic mass is 79.9. The maximum Gasteiger partial charge on any atom is 0.416 e. The highest BCUT2D eigenvalue weighted by Gasteiger charge is 2.37. The van der Waals surface area contributed by atoms with E-state index < -0.39 is 33.5 Å². The first-order valence-electron chi connectivity index (χ1n) is 17.6. The quantitative estimate of drug-likeness (QED) is 0.160. The summed E-state index contributed by atoms with van der Waals surface area (Å²) in [6.07, 6.45) is 1.09. The Hall–Kier alpha value is -3.53. The standard InChI is InChI=1S/C20H23F3N2O3S.C19H19BrF3NO/c1-29(26,27)25-18-7-4-12-24-19(18)13-28-15-10-8-14(9-11-15)16-5-2-3-6-17(16)20(21,22)23;20-17-6-3-11-24-18(17)12-25-14-9-7-13(8-10-14)15-4-1-2-5-16(15)19(21,22)23/h2-7,12,14-15,25H,8-11,13H2,1H3;1-6,11,13-14H,7-10,12H2. The number of aromatic nitrogens is 2. The SMILES string of the molecule is CS(=O)(=O)Nc1cccnc1COC1CCC(c2ccccc2C(F)(F)F)CC1.FC(F)(F)c1ccccc1C1CCC(OCc2ncccc2Br)CC1. The van der Waals surface area contributed by atoms with E-state index in [1.54, 1.807) is 48.8 Å². The molecule has 2 fully saturated rings. The number of benzene rings is 2. The first-order valence-corrected chi connectivity index (χ1v) is 20.3. The lowest BCUT2D eigenvalue weighted by atomic mass is 9.81. The van der Waals surface area contributed by atoms with Gasteiger partial charge in [0.25, 0.3) is 0 Å². The van der Waals surface area contributed by atoms with Crippen LogP contribution >= 0.6 is 15.9 Å². The van der Waals surface area contributed by atoms with E-state index in [2.05, 4.69) is 30.6 Å². The summed E-state index contributed by atoms with van der Waals surface area (Å²) in [5.41, 5.74) is 1.38. The van der Waals surface area contributed by atoms with Crippen molar-refractivity contribution in [2.24, 2.45) is 0 Å². The average Bonchev–Trinajstić information content (AvgIpc) is 3.14. The van der Waals surface area contributed by atoms with Crippen molar-refractivity contribution in [1.29, 1.82) is 0 Å². The van der Waals surface area contributed by atoms with Crippen molar-refractivity contribution in [1.82, 2.24) is 9.97 Å². The van der Waals surface area contributed by atoms with E-state index in [1.165, 1.54) is 18.2 Å². The number of halogens is 7. The molecule has 0 saturated heterocycles. The molecule has 0 radical (unpaired) electrons. The first kappa shape index (κ1) is 41.6. The number of ether oxygens (including phenoxy) is 2. The molecular formula is C39H42BrF6N3O4S. The molecule has 0 bridgehead atoms. The molecule has 0 atom stereocenters. The normalized spacial score (nSPS) is 20.8. The number of hydrogen-bond donors (Lipinski definition) is 1. The molecule has 292 valence electrons. The van der Waals surface area contributed by atoms with Gasteiger partial charge in [0, 0.05) is 16.9 Å². The van der Waals surface area contributed by atoms with Gasteiger partial charge in [-0.1, -0.05) is 36.4 Å². The van der Waals surface area contributed by atoms with Crippen LogP contribution in [0, 0.1) is 0 Å². The van der Waals surface area contributed by atoms with E-state index >= 15 is 0 Å². The van der Waals surface area contributed by atoms with E-state index in [-0.39, 0.29) is 30.7 Å². The lowest BCUT2D eigenvalue weighted by Gasteiger charge is -2.30. The topological polar surface area (TPSA) is 90.4 Å². The molecule has 1 N–H and O–H groups in total. The summed E-state index contributed by atoms with van der Waals surface area (Å²) in [7, 11) is -3.43. The minimum Gasteiger partial charge on any atom is -0.372 e. The van der Waals surface area contributed by atoms with Gasteiger partial charge in [-0.15, -0.1) is 0 Å². The zero-order valence-electron chi connectivity index (χ0n) is 29.5. The van der Waals surface area contributed by atoms with Gasteiger partial charge >= 0.3 is 12.4 Å².